The maximum Gasteiger partial charge on any atom is 0.282 e. The summed E-state index contributed by atoms with van der Waals surface area (Å²) in [6.07, 6.45) is 0. The van der Waals surface area contributed by atoms with Crippen LogP contribution in [-0.2, 0) is 16.6 Å². The van der Waals surface area contributed by atoms with E-state index in [4.69, 9.17) is 0 Å². The summed E-state index contributed by atoms with van der Waals surface area (Å²) in [6, 6.07) is 11.9. The predicted octanol–water partition coefficient (Wildman–Crippen LogP) is 2.56. The highest BCUT2D eigenvalue weighted by Crippen LogP contribution is 2.18. The van der Waals surface area contributed by atoms with E-state index < -0.39 is 20.9 Å². The van der Waals surface area contributed by atoms with Gasteiger partial charge in [0.2, 0.25) is 10.0 Å². The van der Waals surface area contributed by atoms with Crippen LogP contribution in [0.3, 0.4) is 0 Å². The Hall–Kier alpha value is -2.78. The number of nitrogens with one attached hydrogen (secondary N) is 1. The summed E-state index contributed by atoms with van der Waals surface area (Å²) in [7, 11) is -3.54. The van der Waals surface area contributed by atoms with Crippen LogP contribution in [0.2, 0.25) is 0 Å². The highest BCUT2D eigenvalue weighted by molar-refractivity contribution is 7.89. The lowest BCUT2D eigenvalue weighted by molar-refractivity contribution is -0.385. The molecule has 0 aliphatic rings. The molecule has 0 bridgehead atoms. The van der Waals surface area contributed by atoms with E-state index in [9.17, 15) is 23.3 Å². The molecule has 0 aliphatic heterocycles. The number of hydrogen-bond donors (Lipinski definition) is 1. The number of carbonyl (C=O) groups is 1. The molecule has 8 nitrogen and oxygen atoms in total. The maximum atomic E-state index is 12.5. The largest absolute Gasteiger partial charge is 0.348 e. The zero-order valence-corrected chi connectivity index (χ0v) is 15.9. The Morgan fingerprint density at radius 3 is 2.22 bits per heavy atom. The number of rotatable bonds is 8. The molecule has 0 spiro atoms. The number of sulfonamides is 1. The Kier molecular flexibility index (Phi) is 6.65. The van der Waals surface area contributed by atoms with Gasteiger partial charge in [-0.1, -0.05) is 38.1 Å². The van der Waals surface area contributed by atoms with Crippen LogP contribution >= 0.6 is 0 Å². The van der Waals surface area contributed by atoms with Crippen molar-refractivity contribution in [3.05, 3.63) is 69.8 Å². The molecule has 9 heteroatoms. The quantitative estimate of drug-likeness (QED) is 0.549. The molecule has 0 heterocycles. The monoisotopic (exact) mass is 391 g/mol. The van der Waals surface area contributed by atoms with Crippen LogP contribution in [0.1, 0.15) is 29.8 Å². The molecule has 0 aromatic heterocycles. The lowest BCUT2D eigenvalue weighted by atomic mass is 10.1. The van der Waals surface area contributed by atoms with Crippen molar-refractivity contribution in [2.75, 3.05) is 13.1 Å². The van der Waals surface area contributed by atoms with Crippen LogP contribution in [0.4, 0.5) is 5.69 Å². The molecule has 1 N–H and O–H groups in total. The third kappa shape index (κ3) is 4.69. The van der Waals surface area contributed by atoms with E-state index in [2.05, 4.69) is 5.32 Å². The number of para-hydroxylation sites is 1. The number of benzene rings is 2. The molecule has 2 aromatic carbocycles. The molecule has 0 radical (unpaired) electrons. The van der Waals surface area contributed by atoms with Gasteiger partial charge in [-0.15, -0.1) is 0 Å². The average molecular weight is 391 g/mol. The Balaban J connectivity index is 2.10. The van der Waals surface area contributed by atoms with E-state index >= 15 is 0 Å². The molecule has 27 heavy (non-hydrogen) atoms. The second-order valence-electron chi connectivity index (χ2n) is 5.69. The lowest BCUT2D eigenvalue weighted by Gasteiger charge is -2.18. The average Bonchev–Trinajstić information content (AvgIpc) is 2.67. The SMILES string of the molecule is CCN(CC)S(=O)(=O)c1ccc(CNC(=O)c2ccccc2[N+](=O)[O-])cc1. The highest BCUT2D eigenvalue weighted by atomic mass is 32.2. The van der Waals surface area contributed by atoms with Crippen molar-refractivity contribution in [1.29, 1.82) is 0 Å². The summed E-state index contributed by atoms with van der Waals surface area (Å²) in [4.78, 5) is 22.8. The van der Waals surface area contributed by atoms with Gasteiger partial charge in [0.15, 0.2) is 0 Å². The summed E-state index contributed by atoms with van der Waals surface area (Å²) in [5, 5.41) is 13.6. The Morgan fingerprint density at radius 2 is 1.67 bits per heavy atom. The Labute approximate surface area is 158 Å². The van der Waals surface area contributed by atoms with Gasteiger partial charge in [-0.2, -0.15) is 4.31 Å². The molecule has 0 saturated carbocycles. The summed E-state index contributed by atoms with van der Waals surface area (Å²) in [5.74, 6) is -0.567. The number of nitrogens with zero attached hydrogens (tertiary/aromatic N) is 2. The second-order valence-corrected chi connectivity index (χ2v) is 7.63. The topological polar surface area (TPSA) is 110 Å². The third-order valence-corrected chi connectivity index (χ3v) is 6.13. The highest BCUT2D eigenvalue weighted by Gasteiger charge is 2.21. The van der Waals surface area contributed by atoms with E-state index in [0.717, 1.165) is 0 Å². The molecule has 144 valence electrons. The minimum absolute atomic E-state index is 0.0248. The molecule has 0 aliphatic carbocycles. The fourth-order valence-corrected chi connectivity index (χ4v) is 4.05. The van der Waals surface area contributed by atoms with E-state index in [1.54, 1.807) is 32.0 Å². The van der Waals surface area contributed by atoms with E-state index in [-0.39, 0.29) is 22.7 Å². The standard InChI is InChI=1S/C18H21N3O5S/c1-3-20(4-2)27(25,26)15-11-9-14(10-12-15)13-19-18(22)16-7-5-6-8-17(16)21(23)24/h5-12H,3-4,13H2,1-2H3,(H,19,22). The zero-order chi connectivity index (χ0) is 20.0. The van der Waals surface area contributed by atoms with Gasteiger partial charge in [0.05, 0.1) is 9.82 Å². The van der Waals surface area contributed by atoms with Gasteiger partial charge in [0, 0.05) is 25.7 Å². The predicted molar refractivity (Wildman–Crippen MR) is 101 cm³/mol. The molecule has 0 unspecified atom stereocenters. The van der Waals surface area contributed by atoms with Gasteiger partial charge >= 0.3 is 0 Å². The van der Waals surface area contributed by atoms with Gasteiger partial charge in [-0.3, -0.25) is 14.9 Å². The molecule has 0 saturated heterocycles. The normalized spacial score (nSPS) is 11.4. The van der Waals surface area contributed by atoms with Crippen molar-refractivity contribution >= 4 is 21.6 Å². The summed E-state index contributed by atoms with van der Waals surface area (Å²) in [6.45, 7) is 4.43. The van der Waals surface area contributed by atoms with Crippen LogP contribution in [0.5, 0.6) is 0 Å². The van der Waals surface area contributed by atoms with Crippen LogP contribution < -0.4 is 5.32 Å². The maximum absolute atomic E-state index is 12.5. The second kappa shape index (κ2) is 8.74. The van der Waals surface area contributed by atoms with Crippen molar-refractivity contribution in [2.24, 2.45) is 0 Å². The fourth-order valence-electron chi connectivity index (χ4n) is 2.59. The smallest absolute Gasteiger partial charge is 0.282 e. The first kappa shape index (κ1) is 20.5. The minimum atomic E-state index is -3.54. The summed E-state index contributed by atoms with van der Waals surface area (Å²) < 4.78 is 26.3. The third-order valence-electron chi connectivity index (χ3n) is 4.06. The van der Waals surface area contributed by atoms with Crippen molar-refractivity contribution < 1.29 is 18.1 Å². The number of nitro benzene ring substituents is 1. The first-order valence-corrected chi connectivity index (χ1v) is 9.86. The van der Waals surface area contributed by atoms with Gasteiger partial charge in [0.1, 0.15) is 5.56 Å². The van der Waals surface area contributed by atoms with Crippen LogP contribution in [0.15, 0.2) is 53.4 Å². The molecular formula is C18H21N3O5S. The molecule has 1 amide bonds. The molecular weight excluding hydrogens is 370 g/mol. The number of carbonyl (C=O) groups excluding carboxylic acids is 1. The summed E-state index contributed by atoms with van der Waals surface area (Å²) >= 11 is 0. The molecule has 2 aromatic rings. The zero-order valence-electron chi connectivity index (χ0n) is 15.1. The number of amides is 1. The van der Waals surface area contributed by atoms with Crippen molar-refractivity contribution in [3.63, 3.8) is 0 Å². The van der Waals surface area contributed by atoms with E-state index in [0.29, 0.717) is 18.7 Å². The fraction of sp³-hybridized carbons (Fsp3) is 0.278. The van der Waals surface area contributed by atoms with Gasteiger partial charge in [0.25, 0.3) is 11.6 Å². The number of hydrogen-bond acceptors (Lipinski definition) is 5. The van der Waals surface area contributed by atoms with Crippen molar-refractivity contribution in [3.8, 4) is 0 Å². The molecule has 0 atom stereocenters. The lowest BCUT2D eigenvalue weighted by Crippen LogP contribution is -2.30. The van der Waals surface area contributed by atoms with Crippen LogP contribution in [0, 0.1) is 10.1 Å². The Morgan fingerprint density at radius 1 is 1.07 bits per heavy atom. The molecule has 2 rings (SSSR count). The van der Waals surface area contributed by atoms with Crippen molar-refractivity contribution in [2.45, 2.75) is 25.3 Å². The molecule has 0 fully saturated rings. The van der Waals surface area contributed by atoms with Gasteiger partial charge < -0.3 is 5.32 Å². The summed E-state index contributed by atoms with van der Waals surface area (Å²) in [5.41, 5.74) is 0.388. The Bertz CT molecular complexity index is 922. The van der Waals surface area contributed by atoms with Gasteiger partial charge in [-0.05, 0) is 23.8 Å². The number of nitro groups is 1. The van der Waals surface area contributed by atoms with Crippen LogP contribution in [-0.4, -0.2) is 36.6 Å². The first-order valence-electron chi connectivity index (χ1n) is 8.42. The van der Waals surface area contributed by atoms with Crippen molar-refractivity contribution in [1.82, 2.24) is 9.62 Å². The van der Waals surface area contributed by atoms with E-state index in [1.807, 2.05) is 0 Å². The minimum Gasteiger partial charge on any atom is -0.348 e. The van der Waals surface area contributed by atoms with Crippen LogP contribution in [0.25, 0.3) is 0 Å². The van der Waals surface area contributed by atoms with Gasteiger partial charge in [-0.25, -0.2) is 8.42 Å². The van der Waals surface area contributed by atoms with E-state index in [1.165, 1.54) is 34.6 Å². The first-order chi connectivity index (χ1) is 12.8.